The first kappa shape index (κ1) is 21.2. The molecular formula is C17H26N2O5S. The number of thioether (sulfide) groups is 1. The van der Waals surface area contributed by atoms with Crippen molar-refractivity contribution < 1.29 is 24.2 Å². The summed E-state index contributed by atoms with van der Waals surface area (Å²) in [5, 5.41) is 12.0. The van der Waals surface area contributed by atoms with Crippen molar-refractivity contribution in [1.82, 2.24) is 4.98 Å². The Morgan fingerprint density at radius 2 is 2.08 bits per heavy atom. The lowest BCUT2D eigenvalue weighted by atomic mass is 10.2. The van der Waals surface area contributed by atoms with Crippen molar-refractivity contribution >= 4 is 29.6 Å². The Balaban J connectivity index is 2.57. The van der Waals surface area contributed by atoms with Crippen molar-refractivity contribution in [3.8, 4) is 0 Å². The van der Waals surface area contributed by atoms with Crippen LogP contribution in [-0.2, 0) is 20.9 Å². The zero-order valence-corrected chi connectivity index (χ0v) is 15.9. The highest BCUT2D eigenvalue weighted by Gasteiger charge is 2.18. The molecule has 1 heterocycles. The summed E-state index contributed by atoms with van der Waals surface area (Å²) in [7, 11) is 0. The number of rotatable bonds is 8. The van der Waals surface area contributed by atoms with Crippen LogP contribution in [0.2, 0.25) is 0 Å². The molecule has 8 heteroatoms. The molecule has 0 aliphatic rings. The number of carbonyl (C=O) groups is 2. The van der Waals surface area contributed by atoms with E-state index in [2.05, 4.69) is 10.3 Å². The normalized spacial score (nSPS) is 11.1. The summed E-state index contributed by atoms with van der Waals surface area (Å²) >= 11 is 1.52. The third kappa shape index (κ3) is 8.74. The van der Waals surface area contributed by atoms with Gasteiger partial charge in [0.25, 0.3) is 0 Å². The monoisotopic (exact) mass is 370 g/mol. The number of hydrogen-bond acceptors (Lipinski definition) is 7. The molecule has 140 valence electrons. The predicted molar refractivity (Wildman–Crippen MR) is 96.6 cm³/mol. The molecule has 1 aromatic heterocycles. The zero-order chi connectivity index (χ0) is 18.9. The first-order valence-electron chi connectivity index (χ1n) is 8.13. The predicted octanol–water partition coefficient (Wildman–Crippen LogP) is 3.36. The van der Waals surface area contributed by atoms with Crippen molar-refractivity contribution in [3.63, 3.8) is 0 Å². The van der Waals surface area contributed by atoms with E-state index in [9.17, 15) is 14.7 Å². The Morgan fingerprint density at radius 3 is 2.68 bits per heavy atom. The smallest absolute Gasteiger partial charge is 0.413 e. The third-order valence-electron chi connectivity index (χ3n) is 2.83. The number of nitrogens with one attached hydrogen (secondary N) is 1. The Labute approximate surface area is 152 Å². The molecular weight excluding hydrogens is 344 g/mol. The molecule has 2 N–H and O–H groups in total. The van der Waals surface area contributed by atoms with Gasteiger partial charge in [-0.05, 0) is 45.9 Å². The summed E-state index contributed by atoms with van der Waals surface area (Å²) in [6.45, 7) is 7.22. The second-order valence-corrected chi connectivity index (χ2v) is 7.39. The molecule has 1 amide bonds. The minimum absolute atomic E-state index is 0.200. The summed E-state index contributed by atoms with van der Waals surface area (Å²) in [6, 6.07) is 1.76. The summed E-state index contributed by atoms with van der Waals surface area (Å²) in [4.78, 5) is 28.1. The average Bonchev–Trinajstić information content (AvgIpc) is 2.51. The molecule has 0 aliphatic carbocycles. The van der Waals surface area contributed by atoms with Crippen LogP contribution in [0.3, 0.4) is 0 Å². The Bertz CT molecular complexity index is 587. The van der Waals surface area contributed by atoms with Gasteiger partial charge in [0.05, 0.1) is 13.2 Å². The molecule has 0 atom stereocenters. The molecule has 25 heavy (non-hydrogen) atoms. The van der Waals surface area contributed by atoms with Gasteiger partial charge in [0, 0.05) is 23.1 Å². The minimum Gasteiger partial charge on any atom is -0.466 e. The molecule has 0 radical (unpaired) electrons. The van der Waals surface area contributed by atoms with E-state index >= 15 is 0 Å². The highest BCUT2D eigenvalue weighted by atomic mass is 32.2. The van der Waals surface area contributed by atoms with E-state index in [1.807, 2.05) is 0 Å². The Kier molecular flexibility index (Phi) is 8.71. The number of esters is 1. The van der Waals surface area contributed by atoms with Crippen molar-refractivity contribution in [3.05, 3.63) is 17.8 Å². The van der Waals surface area contributed by atoms with E-state index in [1.165, 1.54) is 11.8 Å². The van der Waals surface area contributed by atoms with E-state index < -0.39 is 11.7 Å². The quantitative estimate of drug-likeness (QED) is 0.411. The number of nitrogens with zero attached hydrogens (tertiary/aromatic N) is 1. The molecule has 0 aliphatic heterocycles. The number of aromatic nitrogens is 1. The summed E-state index contributed by atoms with van der Waals surface area (Å²) in [5.41, 5.74) is -0.112. The number of ether oxygens (including phenoxy) is 2. The van der Waals surface area contributed by atoms with Crippen LogP contribution < -0.4 is 5.32 Å². The molecule has 0 aromatic carbocycles. The first-order chi connectivity index (χ1) is 11.7. The number of aliphatic hydroxyl groups excluding tert-OH is 1. The second-order valence-electron chi connectivity index (χ2n) is 6.22. The minimum atomic E-state index is -0.621. The Morgan fingerprint density at radius 1 is 1.36 bits per heavy atom. The topological polar surface area (TPSA) is 97.8 Å². The van der Waals surface area contributed by atoms with Gasteiger partial charge >= 0.3 is 12.1 Å². The molecule has 0 unspecified atom stereocenters. The van der Waals surface area contributed by atoms with Crippen LogP contribution in [0.5, 0.6) is 0 Å². The number of anilines is 1. The summed E-state index contributed by atoms with van der Waals surface area (Å²) < 4.78 is 10.0. The standard InChI is InChI=1S/C17H26N2O5S/c1-5-23-14(21)7-6-8-25-13-9-12(11-20)15(18-10-13)19-16(22)24-17(2,3)4/h9-10,20H,5-8,11H2,1-4H3,(H,18,19,22). The van der Waals surface area contributed by atoms with Crippen LogP contribution in [0.25, 0.3) is 0 Å². The van der Waals surface area contributed by atoms with Gasteiger partial charge in [0.15, 0.2) is 0 Å². The lowest BCUT2D eigenvalue weighted by Crippen LogP contribution is -2.27. The van der Waals surface area contributed by atoms with Gasteiger partial charge in [0.2, 0.25) is 0 Å². The van der Waals surface area contributed by atoms with Gasteiger partial charge in [-0.3, -0.25) is 10.1 Å². The van der Waals surface area contributed by atoms with Crippen LogP contribution >= 0.6 is 11.8 Å². The van der Waals surface area contributed by atoms with E-state index in [1.54, 1.807) is 40.0 Å². The van der Waals surface area contributed by atoms with Crippen LogP contribution in [0.1, 0.15) is 46.1 Å². The van der Waals surface area contributed by atoms with Crippen LogP contribution in [0, 0.1) is 0 Å². The van der Waals surface area contributed by atoms with E-state index in [0.717, 1.165) is 10.6 Å². The summed E-state index contributed by atoms with van der Waals surface area (Å²) in [5.74, 6) is 0.798. The number of amides is 1. The third-order valence-corrected chi connectivity index (χ3v) is 3.88. The Hall–Kier alpha value is -1.80. The van der Waals surface area contributed by atoms with Gasteiger partial charge in [-0.1, -0.05) is 0 Å². The SMILES string of the molecule is CCOC(=O)CCCSc1cnc(NC(=O)OC(C)(C)C)c(CO)c1. The van der Waals surface area contributed by atoms with Gasteiger partial charge in [-0.15, -0.1) is 11.8 Å². The molecule has 7 nitrogen and oxygen atoms in total. The zero-order valence-electron chi connectivity index (χ0n) is 15.1. The lowest BCUT2D eigenvalue weighted by molar-refractivity contribution is -0.143. The molecule has 0 spiro atoms. The maximum absolute atomic E-state index is 11.8. The highest BCUT2D eigenvalue weighted by Crippen LogP contribution is 2.24. The van der Waals surface area contributed by atoms with Gasteiger partial charge in [-0.25, -0.2) is 9.78 Å². The van der Waals surface area contributed by atoms with Crippen molar-refractivity contribution in [2.24, 2.45) is 0 Å². The molecule has 0 saturated carbocycles. The number of pyridine rings is 1. The number of carbonyl (C=O) groups excluding carboxylic acids is 2. The molecule has 0 saturated heterocycles. The largest absolute Gasteiger partial charge is 0.466 e. The van der Waals surface area contributed by atoms with Gasteiger partial charge in [0.1, 0.15) is 11.4 Å². The van der Waals surface area contributed by atoms with Crippen molar-refractivity contribution in [1.29, 1.82) is 0 Å². The van der Waals surface area contributed by atoms with Crippen molar-refractivity contribution in [2.45, 2.75) is 57.6 Å². The molecule has 1 rings (SSSR count). The average molecular weight is 370 g/mol. The molecule has 0 bridgehead atoms. The number of aliphatic hydroxyl groups is 1. The maximum Gasteiger partial charge on any atom is 0.413 e. The maximum atomic E-state index is 11.8. The van der Waals surface area contributed by atoms with E-state index in [4.69, 9.17) is 9.47 Å². The highest BCUT2D eigenvalue weighted by molar-refractivity contribution is 7.99. The summed E-state index contributed by atoms with van der Waals surface area (Å²) in [6.07, 6.45) is 2.06. The van der Waals surface area contributed by atoms with Crippen molar-refractivity contribution in [2.75, 3.05) is 17.7 Å². The van der Waals surface area contributed by atoms with Gasteiger partial charge < -0.3 is 14.6 Å². The van der Waals surface area contributed by atoms with Gasteiger partial charge in [-0.2, -0.15) is 0 Å². The van der Waals surface area contributed by atoms with Crippen LogP contribution in [0.15, 0.2) is 17.2 Å². The molecule has 0 fully saturated rings. The van der Waals surface area contributed by atoms with E-state index in [0.29, 0.717) is 25.0 Å². The number of hydrogen-bond donors (Lipinski definition) is 2. The lowest BCUT2D eigenvalue weighted by Gasteiger charge is -2.20. The fraction of sp³-hybridized carbons (Fsp3) is 0.588. The van der Waals surface area contributed by atoms with E-state index in [-0.39, 0.29) is 18.4 Å². The van der Waals surface area contributed by atoms with Crippen LogP contribution in [-0.4, -0.2) is 40.1 Å². The van der Waals surface area contributed by atoms with Crippen LogP contribution in [0.4, 0.5) is 10.6 Å². The second kappa shape index (κ2) is 10.2. The first-order valence-corrected chi connectivity index (χ1v) is 9.12. The fourth-order valence-electron chi connectivity index (χ4n) is 1.84. The molecule has 1 aromatic rings. The fourth-order valence-corrected chi connectivity index (χ4v) is 2.72.